The molecule has 6 heteroatoms. The summed E-state index contributed by atoms with van der Waals surface area (Å²) in [5.74, 6) is -0.00254. The van der Waals surface area contributed by atoms with Crippen LogP contribution < -0.4 is 10.2 Å². The number of likely N-dealkylation sites (N-methyl/N-ethyl adjacent to an activating group) is 1. The molecule has 5 nitrogen and oxygen atoms in total. The van der Waals surface area contributed by atoms with Gasteiger partial charge >= 0.3 is 0 Å². The number of nitrogens with zero attached hydrogens (tertiary/aromatic N) is 1. The van der Waals surface area contributed by atoms with Crippen LogP contribution >= 0.6 is 11.8 Å². The molecular weight excluding hydrogens is 322 g/mol. The molecule has 0 aliphatic rings. The number of amides is 2. The van der Waals surface area contributed by atoms with Crippen molar-refractivity contribution in [3.05, 3.63) is 24.3 Å². The van der Waals surface area contributed by atoms with E-state index in [0.717, 1.165) is 15.5 Å². The number of thioether (sulfide) groups is 1. The molecule has 24 heavy (non-hydrogen) atoms. The number of carbonyl (C=O) groups is 2. The molecule has 1 aromatic carbocycles. The van der Waals surface area contributed by atoms with E-state index in [9.17, 15) is 9.59 Å². The van der Waals surface area contributed by atoms with Crippen molar-refractivity contribution in [2.24, 2.45) is 0 Å². The van der Waals surface area contributed by atoms with E-state index in [1.54, 1.807) is 11.8 Å². The molecule has 0 spiro atoms. The topological polar surface area (TPSA) is 53.9 Å². The van der Waals surface area contributed by atoms with Gasteiger partial charge in [-0.15, -0.1) is 11.8 Å². The van der Waals surface area contributed by atoms with E-state index >= 15 is 0 Å². The van der Waals surface area contributed by atoms with E-state index in [1.165, 1.54) is 0 Å². The van der Waals surface area contributed by atoms with Crippen LogP contribution in [0.5, 0.6) is 0 Å². The molecule has 0 saturated heterocycles. The number of para-hydroxylation sites is 1. The molecule has 0 aliphatic heterocycles. The quantitative estimate of drug-likeness (QED) is 0.697. The van der Waals surface area contributed by atoms with Crippen LogP contribution in [0.2, 0.25) is 0 Å². The van der Waals surface area contributed by atoms with Gasteiger partial charge in [0.15, 0.2) is 13.1 Å². The van der Waals surface area contributed by atoms with Gasteiger partial charge in [-0.05, 0) is 46.1 Å². The zero-order valence-corrected chi connectivity index (χ0v) is 16.4. The largest absolute Gasteiger partial charge is 0.333 e. The van der Waals surface area contributed by atoms with E-state index in [4.69, 9.17) is 0 Å². The van der Waals surface area contributed by atoms with Crippen molar-refractivity contribution in [1.82, 2.24) is 4.90 Å². The van der Waals surface area contributed by atoms with E-state index in [0.29, 0.717) is 6.54 Å². The first kappa shape index (κ1) is 20.5. The SMILES string of the molecule is CSc1ccccc1NC(=O)C[NH+](C)CC(=O)N(C(C)C)C(C)C. The minimum absolute atomic E-state index is 0.0785. The van der Waals surface area contributed by atoms with Crippen LogP contribution in [0.25, 0.3) is 0 Å². The number of nitrogens with one attached hydrogen (secondary N) is 2. The van der Waals surface area contributed by atoms with Crippen molar-refractivity contribution >= 4 is 29.3 Å². The minimum atomic E-state index is -0.0811. The standard InChI is InChI=1S/C18H29N3O2S/c1-13(2)21(14(3)4)18(23)12-20(5)11-17(22)19-15-9-7-8-10-16(15)24-6/h7-10,13-14H,11-12H2,1-6H3,(H,19,22)/p+1. The summed E-state index contributed by atoms with van der Waals surface area (Å²) in [5, 5.41) is 2.93. The summed E-state index contributed by atoms with van der Waals surface area (Å²) < 4.78 is 0. The zero-order chi connectivity index (χ0) is 18.3. The average Bonchev–Trinajstić information content (AvgIpc) is 2.46. The van der Waals surface area contributed by atoms with Crippen molar-refractivity contribution < 1.29 is 14.5 Å². The molecule has 0 fully saturated rings. The highest BCUT2D eigenvalue weighted by Crippen LogP contribution is 2.24. The highest BCUT2D eigenvalue weighted by molar-refractivity contribution is 7.98. The molecule has 2 amide bonds. The third-order valence-corrected chi connectivity index (χ3v) is 4.49. The monoisotopic (exact) mass is 352 g/mol. The van der Waals surface area contributed by atoms with Gasteiger partial charge in [0.2, 0.25) is 0 Å². The van der Waals surface area contributed by atoms with E-state index in [-0.39, 0.29) is 30.4 Å². The van der Waals surface area contributed by atoms with Crippen LogP contribution in [0.4, 0.5) is 5.69 Å². The van der Waals surface area contributed by atoms with E-state index in [2.05, 4.69) is 5.32 Å². The Morgan fingerprint density at radius 3 is 2.25 bits per heavy atom. The highest BCUT2D eigenvalue weighted by atomic mass is 32.2. The van der Waals surface area contributed by atoms with Gasteiger partial charge in [0.1, 0.15) is 0 Å². The van der Waals surface area contributed by atoms with Crippen LogP contribution in [0.15, 0.2) is 29.2 Å². The fraction of sp³-hybridized carbons (Fsp3) is 0.556. The molecule has 0 bridgehead atoms. The predicted molar refractivity (Wildman–Crippen MR) is 101 cm³/mol. The second kappa shape index (κ2) is 9.69. The maximum absolute atomic E-state index is 12.4. The summed E-state index contributed by atoms with van der Waals surface area (Å²) in [6.45, 7) is 8.63. The summed E-state index contributed by atoms with van der Waals surface area (Å²) in [6.07, 6.45) is 1.98. The van der Waals surface area contributed by atoms with Gasteiger partial charge in [-0.25, -0.2) is 0 Å². The summed E-state index contributed by atoms with van der Waals surface area (Å²) in [7, 11) is 1.87. The number of rotatable bonds is 8. The third kappa shape index (κ3) is 6.17. The first-order valence-corrected chi connectivity index (χ1v) is 9.54. The van der Waals surface area contributed by atoms with Crippen molar-refractivity contribution in [3.8, 4) is 0 Å². The van der Waals surface area contributed by atoms with Crippen molar-refractivity contribution in [2.45, 2.75) is 44.7 Å². The van der Waals surface area contributed by atoms with Crippen LogP contribution in [0.3, 0.4) is 0 Å². The van der Waals surface area contributed by atoms with Crippen LogP contribution in [0.1, 0.15) is 27.7 Å². The van der Waals surface area contributed by atoms with Crippen molar-refractivity contribution in [2.75, 3.05) is 31.7 Å². The first-order valence-electron chi connectivity index (χ1n) is 8.31. The van der Waals surface area contributed by atoms with Crippen LogP contribution in [0, 0.1) is 0 Å². The number of hydrogen-bond donors (Lipinski definition) is 2. The van der Waals surface area contributed by atoms with Crippen LogP contribution in [-0.2, 0) is 9.59 Å². The van der Waals surface area contributed by atoms with Gasteiger partial charge in [0.25, 0.3) is 11.8 Å². The molecule has 1 unspecified atom stereocenters. The Morgan fingerprint density at radius 2 is 1.71 bits per heavy atom. The van der Waals surface area contributed by atoms with E-state index < -0.39 is 0 Å². The lowest BCUT2D eigenvalue weighted by Gasteiger charge is -2.31. The number of carbonyl (C=O) groups excluding carboxylic acids is 2. The predicted octanol–water partition coefficient (Wildman–Crippen LogP) is 1.51. The number of benzene rings is 1. The minimum Gasteiger partial charge on any atom is -0.333 e. The molecule has 1 aromatic rings. The molecule has 0 heterocycles. The lowest BCUT2D eigenvalue weighted by atomic mass is 10.2. The summed E-state index contributed by atoms with van der Waals surface area (Å²) in [6, 6.07) is 8.04. The smallest absolute Gasteiger partial charge is 0.279 e. The van der Waals surface area contributed by atoms with Gasteiger partial charge in [0, 0.05) is 17.0 Å². The lowest BCUT2D eigenvalue weighted by Crippen LogP contribution is -3.11. The molecule has 0 aromatic heterocycles. The normalized spacial score (nSPS) is 12.3. The Morgan fingerprint density at radius 1 is 1.12 bits per heavy atom. The zero-order valence-electron chi connectivity index (χ0n) is 15.6. The molecule has 1 atom stereocenters. The summed E-state index contributed by atoms with van der Waals surface area (Å²) in [4.78, 5) is 28.5. The Hall–Kier alpha value is -1.53. The van der Waals surface area contributed by atoms with Gasteiger partial charge in [-0.1, -0.05) is 12.1 Å². The number of quaternary nitrogens is 1. The Bertz CT molecular complexity index is 553. The molecule has 0 radical (unpaired) electrons. The summed E-state index contributed by atoms with van der Waals surface area (Å²) >= 11 is 1.59. The Kier molecular flexibility index (Phi) is 8.28. The molecule has 0 aliphatic carbocycles. The van der Waals surface area contributed by atoms with Gasteiger partial charge < -0.3 is 15.1 Å². The average molecular weight is 353 g/mol. The molecule has 0 saturated carbocycles. The number of hydrogen-bond acceptors (Lipinski definition) is 3. The Balaban J connectivity index is 2.59. The van der Waals surface area contributed by atoms with Gasteiger partial charge in [-0.3, -0.25) is 9.59 Å². The Labute approximate surface area is 149 Å². The van der Waals surface area contributed by atoms with Crippen molar-refractivity contribution in [3.63, 3.8) is 0 Å². The second-order valence-electron chi connectivity index (χ2n) is 6.55. The second-order valence-corrected chi connectivity index (χ2v) is 7.40. The third-order valence-electron chi connectivity index (χ3n) is 3.70. The first-order chi connectivity index (χ1) is 11.3. The van der Waals surface area contributed by atoms with E-state index in [1.807, 2.05) is 70.2 Å². The maximum Gasteiger partial charge on any atom is 0.279 e. The molecule has 134 valence electrons. The molecule has 2 N–H and O–H groups in total. The lowest BCUT2D eigenvalue weighted by molar-refractivity contribution is -0.862. The van der Waals surface area contributed by atoms with Gasteiger partial charge in [-0.2, -0.15) is 0 Å². The molecular formula is C18H30N3O2S+. The van der Waals surface area contributed by atoms with Crippen LogP contribution in [-0.4, -0.2) is 55.2 Å². The molecule has 1 rings (SSSR count). The maximum atomic E-state index is 12.4. The summed E-state index contributed by atoms with van der Waals surface area (Å²) in [5.41, 5.74) is 0.820. The van der Waals surface area contributed by atoms with Gasteiger partial charge in [0.05, 0.1) is 12.7 Å². The highest BCUT2D eigenvalue weighted by Gasteiger charge is 2.24. The fourth-order valence-electron chi connectivity index (χ4n) is 2.80. The number of anilines is 1. The van der Waals surface area contributed by atoms with Crippen molar-refractivity contribution in [1.29, 1.82) is 0 Å². The fourth-order valence-corrected chi connectivity index (χ4v) is 3.35.